The molecule has 0 saturated heterocycles. The number of rotatable bonds is 7. The van der Waals surface area contributed by atoms with E-state index in [2.05, 4.69) is 118 Å². The van der Waals surface area contributed by atoms with Crippen molar-refractivity contribution < 1.29 is 9.47 Å². The van der Waals surface area contributed by atoms with E-state index in [1.807, 2.05) is 0 Å². The van der Waals surface area contributed by atoms with E-state index in [1.54, 1.807) is 0 Å². The Kier molecular flexibility index (Phi) is 11.4. The van der Waals surface area contributed by atoms with E-state index in [9.17, 15) is 0 Å². The summed E-state index contributed by atoms with van der Waals surface area (Å²) < 4.78 is 12.1. The molecule has 0 radical (unpaired) electrons. The van der Waals surface area contributed by atoms with Crippen molar-refractivity contribution in [2.45, 2.75) is 205 Å². The van der Waals surface area contributed by atoms with Crippen LogP contribution >= 0.6 is 0 Å². The van der Waals surface area contributed by atoms with Gasteiger partial charge in [0.15, 0.2) is 0 Å². The predicted molar refractivity (Wildman–Crippen MR) is 169 cm³/mol. The number of hydrogen-bond donors (Lipinski definition) is 0. The Morgan fingerprint density at radius 2 is 0.868 bits per heavy atom. The number of hydrogen-bond acceptors (Lipinski definition) is 2. The molecule has 0 heterocycles. The van der Waals surface area contributed by atoms with Gasteiger partial charge < -0.3 is 9.47 Å². The maximum atomic E-state index is 6.13. The summed E-state index contributed by atoms with van der Waals surface area (Å²) >= 11 is 0. The molecule has 3 fully saturated rings. The highest BCUT2D eigenvalue weighted by molar-refractivity contribution is 5.08. The molecular formula is C36H72O2. The highest BCUT2D eigenvalue weighted by Gasteiger charge is 2.58. The van der Waals surface area contributed by atoms with Crippen molar-refractivity contribution in [3.8, 4) is 0 Å². The molecule has 3 aliphatic carbocycles. The van der Waals surface area contributed by atoms with Crippen LogP contribution in [0.15, 0.2) is 0 Å². The average molecular weight is 537 g/mol. The zero-order valence-electron chi connectivity index (χ0n) is 29.5. The van der Waals surface area contributed by atoms with Gasteiger partial charge in [-0.3, -0.25) is 0 Å². The van der Waals surface area contributed by atoms with Gasteiger partial charge in [-0.15, -0.1) is 0 Å². The van der Waals surface area contributed by atoms with Crippen LogP contribution in [0.4, 0.5) is 0 Å². The molecule has 0 amide bonds. The first-order valence-electron chi connectivity index (χ1n) is 16.0. The first-order chi connectivity index (χ1) is 16.7. The van der Waals surface area contributed by atoms with Gasteiger partial charge in [-0.1, -0.05) is 83.1 Å². The van der Waals surface area contributed by atoms with Crippen molar-refractivity contribution in [3.05, 3.63) is 0 Å². The van der Waals surface area contributed by atoms with Gasteiger partial charge in [-0.2, -0.15) is 0 Å². The van der Waals surface area contributed by atoms with Crippen LogP contribution in [-0.2, 0) is 9.47 Å². The molecule has 0 unspecified atom stereocenters. The lowest BCUT2D eigenvalue weighted by Gasteiger charge is -2.41. The molecule has 0 N–H and O–H groups in total. The summed E-state index contributed by atoms with van der Waals surface area (Å²) in [6.45, 7) is 38.9. The molecule has 0 aliphatic heterocycles. The van der Waals surface area contributed by atoms with Crippen molar-refractivity contribution in [1.29, 1.82) is 0 Å². The molecule has 0 aromatic rings. The average Bonchev–Trinajstić information content (AvgIpc) is 3.51. The van der Waals surface area contributed by atoms with Crippen LogP contribution in [-0.4, -0.2) is 22.9 Å². The zero-order chi connectivity index (χ0) is 30.1. The molecule has 38 heavy (non-hydrogen) atoms. The summed E-state index contributed by atoms with van der Waals surface area (Å²) in [5.74, 6) is 0. The first kappa shape index (κ1) is 35.9. The fourth-order valence-corrected chi connectivity index (χ4v) is 6.21. The minimum absolute atomic E-state index is 0.0222. The summed E-state index contributed by atoms with van der Waals surface area (Å²) in [5.41, 5.74) is 3.05. The Balaban J connectivity index is 0.000000287. The molecule has 2 nitrogen and oxygen atoms in total. The summed E-state index contributed by atoms with van der Waals surface area (Å²) in [6.07, 6.45) is 13.4. The fourth-order valence-electron chi connectivity index (χ4n) is 6.21. The van der Waals surface area contributed by atoms with Crippen LogP contribution in [0.5, 0.6) is 0 Å². The van der Waals surface area contributed by atoms with Crippen molar-refractivity contribution in [1.82, 2.24) is 0 Å². The highest BCUT2D eigenvalue weighted by atomic mass is 16.5. The van der Waals surface area contributed by atoms with Crippen molar-refractivity contribution in [3.63, 3.8) is 0 Å². The number of ether oxygens (including phenoxy) is 2. The Morgan fingerprint density at radius 1 is 0.526 bits per heavy atom. The van der Waals surface area contributed by atoms with E-state index in [0.717, 1.165) is 0 Å². The largest absolute Gasteiger partial charge is 0.372 e. The lowest BCUT2D eigenvalue weighted by molar-refractivity contribution is -0.0828. The molecule has 0 aromatic heterocycles. The van der Waals surface area contributed by atoms with Gasteiger partial charge in [-0.25, -0.2) is 0 Å². The lowest BCUT2D eigenvalue weighted by atomic mass is 9.63. The third-order valence-electron chi connectivity index (χ3n) is 8.91. The molecule has 3 rings (SSSR count). The SMILES string of the molecule is CC(C)(C)C1(C(C)(C)C)CC1.CC(C)(C)CCC1(OC(C)(C)C)CC1.CC(C)OC1(CCC(C)(C)C)CC1. The van der Waals surface area contributed by atoms with Crippen molar-refractivity contribution in [2.24, 2.45) is 27.1 Å². The molecule has 0 spiro atoms. The third kappa shape index (κ3) is 13.1. The van der Waals surface area contributed by atoms with Gasteiger partial charge in [0, 0.05) is 0 Å². The first-order valence-corrected chi connectivity index (χ1v) is 16.0. The minimum atomic E-state index is 0.0222. The van der Waals surface area contributed by atoms with E-state index in [4.69, 9.17) is 9.47 Å². The quantitative estimate of drug-likeness (QED) is 0.322. The van der Waals surface area contributed by atoms with E-state index >= 15 is 0 Å². The van der Waals surface area contributed by atoms with E-state index in [1.165, 1.54) is 64.2 Å². The Labute approximate surface area is 241 Å². The third-order valence-corrected chi connectivity index (χ3v) is 8.91. The Morgan fingerprint density at radius 3 is 1.05 bits per heavy atom. The molecule has 3 saturated carbocycles. The van der Waals surface area contributed by atoms with Crippen LogP contribution in [0.3, 0.4) is 0 Å². The Hall–Kier alpha value is -0.0800. The van der Waals surface area contributed by atoms with Crippen molar-refractivity contribution in [2.75, 3.05) is 0 Å². The van der Waals surface area contributed by atoms with Crippen LogP contribution in [0.1, 0.15) is 182 Å². The van der Waals surface area contributed by atoms with Gasteiger partial charge >= 0.3 is 0 Å². The van der Waals surface area contributed by atoms with E-state index < -0.39 is 0 Å². The fraction of sp³-hybridized carbons (Fsp3) is 1.00. The molecular weight excluding hydrogens is 464 g/mol. The highest BCUT2D eigenvalue weighted by Crippen LogP contribution is 2.67. The summed E-state index contributed by atoms with van der Waals surface area (Å²) in [7, 11) is 0. The molecule has 228 valence electrons. The van der Waals surface area contributed by atoms with E-state index in [-0.39, 0.29) is 16.8 Å². The van der Waals surface area contributed by atoms with Crippen LogP contribution in [0.25, 0.3) is 0 Å². The van der Waals surface area contributed by atoms with Gasteiger partial charge in [-0.05, 0) is 126 Å². The van der Waals surface area contributed by atoms with Crippen molar-refractivity contribution >= 4 is 0 Å². The minimum Gasteiger partial charge on any atom is -0.372 e. The van der Waals surface area contributed by atoms with Crippen LogP contribution < -0.4 is 0 Å². The molecule has 0 bridgehead atoms. The topological polar surface area (TPSA) is 18.5 Å². The normalized spacial score (nSPS) is 21.6. The molecule has 2 heteroatoms. The second kappa shape index (κ2) is 12.0. The lowest BCUT2D eigenvalue weighted by Crippen LogP contribution is -2.34. The van der Waals surface area contributed by atoms with Gasteiger partial charge in [0.25, 0.3) is 0 Å². The zero-order valence-corrected chi connectivity index (χ0v) is 29.5. The van der Waals surface area contributed by atoms with Gasteiger partial charge in [0.2, 0.25) is 0 Å². The monoisotopic (exact) mass is 537 g/mol. The molecule has 0 aromatic carbocycles. The summed E-state index contributed by atoms with van der Waals surface area (Å²) in [6, 6.07) is 0. The predicted octanol–water partition coefficient (Wildman–Crippen LogP) is 11.8. The second-order valence-electron chi connectivity index (χ2n) is 19.0. The van der Waals surface area contributed by atoms with Gasteiger partial charge in [0.1, 0.15) is 0 Å². The molecule has 0 atom stereocenters. The van der Waals surface area contributed by atoms with Crippen LogP contribution in [0, 0.1) is 27.1 Å². The second-order valence-corrected chi connectivity index (χ2v) is 19.0. The maximum absolute atomic E-state index is 6.13. The van der Waals surface area contributed by atoms with Crippen LogP contribution in [0.2, 0.25) is 0 Å². The summed E-state index contributed by atoms with van der Waals surface area (Å²) in [5, 5.41) is 0. The van der Waals surface area contributed by atoms with Gasteiger partial charge in [0.05, 0.1) is 22.9 Å². The summed E-state index contributed by atoms with van der Waals surface area (Å²) in [4.78, 5) is 0. The maximum Gasteiger partial charge on any atom is 0.0692 e. The Bertz CT molecular complexity index is 681. The van der Waals surface area contributed by atoms with E-state index in [0.29, 0.717) is 33.2 Å². The standard InChI is InChI=1S/C13H26O.C12H24O.C11H22/c1-11(2,3)7-8-13(9-10-13)14-12(4,5)6;1-10(2)13-12(8-9-12)7-6-11(3,4)5;1-9(2,3)11(7-8-11)10(4,5)6/h7-10H2,1-6H3;10H,6-9H2,1-5H3;7-8H2,1-6H3. The smallest absolute Gasteiger partial charge is 0.0692 e. The molecule has 3 aliphatic rings.